The van der Waals surface area contributed by atoms with Crippen LogP contribution in [0.3, 0.4) is 0 Å². The summed E-state index contributed by atoms with van der Waals surface area (Å²) in [4.78, 5) is 0. The molecule has 0 aliphatic heterocycles. The lowest BCUT2D eigenvalue weighted by molar-refractivity contribution is 0.0941. The Balaban J connectivity index is 2.06. The smallest absolute Gasteiger partial charge is 0.128 e. The monoisotopic (exact) mass is 645 g/mol. The molecule has 0 spiro atoms. The van der Waals surface area contributed by atoms with Crippen LogP contribution in [0.25, 0.3) is 0 Å². The molecule has 2 nitrogen and oxygen atoms in total. The maximum atomic E-state index is 6.23. The molecule has 1 aromatic rings. The van der Waals surface area contributed by atoms with Crippen LogP contribution in [-0.2, 0) is 15.2 Å². The normalized spacial score (nSPS) is 11.8. The van der Waals surface area contributed by atoms with Crippen LogP contribution in [-0.4, -0.2) is 19.8 Å². The summed E-state index contributed by atoms with van der Waals surface area (Å²) in [5.74, 6) is 1.99. The van der Waals surface area contributed by atoms with Crippen LogP contribution in [0.15, 0.2) is 41.5 Å². The topological polar surface area (TPSA) is 18.5 Å². The van der Waals surface area contributed by atoms with E-state index in [9.17, 15) is 0 Å². The molecule has 0 aromatic heterocycles. The van der Waals surface area contributed by atoms with Crippen molar-refractivity contribution in [2.24, 2.45) is 0 Å². The van der Waals surface area contributed by atoms with E-state index in [-0.39, 0.29) is 0 Å². The summed E-state index contributed by atoms with van der Waals surface area (Å²) in [7, 11) is 0. The molecule has 0 aliphatic rings. The van der Waals surface area contributed by atoms with Gasteiger partial charge in [0.1, 0.15) is 12.4 Å². The Bertz CT molecular complexity index is 719. The molecule has 262 valence electrons. The molecule has 45 heavy (non-hydrogen) atoms. The van der Waals surface area contributed by atoms with Crippen molar-refractivity contribution in [3.63, 3.8) is 0 Å². The Morgan fingerprint density at radius 3 is 1.29 bits per heavy atom. The van der Waals surface area contributed by atoms with Crippen molar-refractivity contribution in [1.29, 1.82) is 0 Å². The Morgan fingerprint density at radius 1 is 0.489 bits per heavy atom. The molecule has 1 aromatic carbocycles. The summed E-state index contributed by atoms with van der Waals surface area (Å²) in [6.45, 7) is 6.87. The van der Waals surface area contributed by atoms with Gasteiger partial charge in [-0.15, -0.1) is 11.8 Å². The fourth-order valence-corrected chi connectivity index (χ4v) is 6.78. The quantitative estimate of drug-likeness (QED) is 0.0535. The Kier molecular flexibility index (Phi) is 33.6. The number of hydrogen-bond donors (Lipinski definition) is 0. The molecular weight excluding hydrogens is 569 g/mol. The third-order valence-electron chi connectivity index (χ3n) is 8.98. The van der Waals surface area contributed by atoms with Gasteiger partial charge >= 0.3 is 0 Å². The molecule has 3 heteroatoms. The highest BCUT2D eigenvalue weighted by atomic mass is 32.2. The van der Waals surface area contributed by atoms with Gasteiger partial charge in [-0.3, -0.25) is 0 Å². The molecular formula is C42H76O2S. The van der Waals surface area contributed by atoms with E-state index in [4.69, 9.17) is 9.47 Å². The van der Waals surface area contributed by atoms with Gasteiger partial charge in [0.15, 0.2) is 0 Å². The van der Waals surface area contributed by atoms with Crippen molar-refractivity contribution in [2.45, 2.75) is 199 Å². The first-order chi connectivity index (χ1) is 22.4. The van der Waals surface area contributed by atoms with Gasteiger partial charge in [-0.05, 0) is 18.4 Å². The summed E-state index contributed by atoms with van der Waals surface area (Å²) in [5, 5.41) is 2.20. The van der Waals surface area contributed by atoms with Crippen molar-refractivity contribution < 1.29 is 9.47 Å². The third kappa shape index (κ3) is 31.4. The van der Waals surface area contributed by atoms with E-state index in [1.807, 2.05) is 11.8 Å². The Morgan fingerprint density at radius 2 is 0.867 bits per heavy atom. The van der Waals surface area contributed by atoms with Crippen molar-refractivity contribution in [1.82, 2.24) is 0 Å². The lowest BCUT2D eigenvalue weighted by Crippen LogP contribution is -2.05. The zero-order chi connectivity index (χ0) is 32.1. The molecule has 0 saturated carbocycles. The Hall–Kier alpha value is -0.930. The zero-order valence-electron chi connectivity index (χ0n) is 30.3. The van der Waals surface area contributed by atoms with E-state index in [0.29, 0.717) is 6.61 Å². The van der Waals surface area contributed by atoms with E-state index in [0.717, 1.165) is 31.1 Å². The highest BCUT2D eigenvalue weighted by molar-refractivity contribution is 8.01. The molecule has 0 aliphatic carbocycles. The van der Waals surface area contributed by atoms with Gasteiger partial charge in [0.2, 0.25) is 0 Å². The summed E-state index contributed by atoms with van der Waals surface area (Å²) in [6, 6.07) is 10.7. The van der Waals surface area contributed by atoms with Gasteiger partial charge < -0.3 is 9.47 Å². The average molecular weight is 645 g/mol. The number of unbranched alkanes of at least 4 members (excludes halogenated alkanes) is 26. The van der Waals surface area contributed by atoms with E-state index in [1.165, 1.54) is 179 Å². The fraction of sp³-hybridized carbons (Fsp3) is 0.810. The predicted octanol–water partition coefficient (Wildman–Crippen LogP) is 14.8. The van der Waals surface area contributed by atoms with Crippen LogP contribution in [0.4, 0.5) is 0 Å². The number of rotatable bonds is 36. The molecule has 0 radical (unpaired) electrons. The molecule has 0 heterocycles. The van der Waals surface area contributed by atoms with Gasteiger partial charge in [0.05, 0.1) is 6.61 Å². The number of hydrogen-bond acceptors (Lipinski definition) is 3. The number of benzene rings is 1. The molecule has 0 amide bonds. The predicted molar refractivity (Wildman–Crippen MR) is 203 cm³/mol. The highest BCUT2D eigenvalue weighted by Gasteiger charge is 2.02. The summed E-state index contributed by atoms with van der Waals surface area (Å²) in [6.07, 6.45) is 38.9. The van der Waals surface area contributed by atoms with Crippen molar-refractivity contribution in [3.8, 4) is 0 Å². The van der Waals surface area contributed by atoms with E-state index in [2.05, 4.69) is 49.6 Å². The second-order valence-corrected chi connectivity index (χ2v) is 14.3. The van der Waals surface area contributed by atoms with Gasteiger partial charge in [-0.2, -0.15) is 0 Å². The molecule has 1 rings (SSSR count). The minimum Gasteiger partial charge on any atom is -0.495 e. The van der Waals surface area contributed by atoms with Crippen molar-refractivity contribution in [2.75, 3.05) is 19.8 Å². The standard InChI is InChI=1S/C42H76O2S/c1-3-5-7-9-11-13-15-17-19-21-23-25-27-32-36-43-38-42(40-45-39-41-34-30-29-31-35-41)44-37-33-28-26-24-22-20-18-16-14-12-10-8-6-4-2/h29-31,34-35,40H,3-28,32-33,36-39H2,1-2H3. The summed E-state index contributed by atoms with van der Waals surface area (Å²) < 4.78 is 12.3. The van der Waals surface area contributed by atoms with Crippen molar-refractivity contribution in [3.05, 3.63) is 47.1 Å². The number of thioether (sulfide) groups is 1. The van der Waals surface area contributed by atoms with Crippen LogP contribution in [0.2, 0.25) is 0 Å². The third-order valence-corrected chi connectivity index (χ3v) is 9.91. The first-order valence-electron chi connectivity index (χ1n) is 19.9. The van der Waals surface area contributed by atoms with Gasteiger partial charge in [-0.1, -0.05) is 211 Å². The molecule has 0 bridgehead atoms. The van der Waals surface area contributed by atoms with Crippen molar-refractivity contribution >= 4 is 11.8 Å². The SMILES string of the molecule is CCCCCCCCCCCCCCCCOCC(=CSCc1ccccc1)OCCCCCCCCCCCCCCCC. The molecule has 0 fully saturated rings. The van der Waals surface area contributed by atoms with Gasteiger partial charge in [0.25, 0.3) is 0 Å². The minimum absolute atomic E-state index is 0.610. The first kappa shape index (κ1) is 42.1. The van der Waals surface area contributed by atoms with Gasteiger partial charge in [0, 0.05) is 17.8 Å². The molecule has 0 unspecified atom stereocenters. The van der Waals surface area contributed by atoms with E-state index >= 15 is 0 Å². The van der Waals surface area contributed by atoms with Crippen LogP contribution < -0.4 is 0 Å². The zero-order valence-corrected chi connectivity index (χ0v) is 31.1. The largest absolute Gasteiger partial charge is 0.495 e. The van der Waals surface area contributed by atoms with Crippen LogP contribution in [0.5, 0.6) is 0 Å². The maximum absolute atomic E-state index is 6.23. The van der Waals surface area contributed by atoms with E-state index < -0.39 is 0 Å². The van der Waals surface area contributed by atoms with E-state index in [1.54, 1.807) is 0 Å². The lowest BCUT2D eigenvalue weighted by Gasteiger charge is -2.12. The lowest BCUT2D eigenvalue weighted by atomic mass is 10.0. The molecule has 0 N–H and O–H groups in total. The maximum Gasteiger partial charge on any atom is 0.128 e. The summed E-state index contributed by atoms with van der Waals surface area (Å²) >= 11 is 1.82. The van der Waals surface area contributed by atoms with Crippen LogP contribution in [0.1, 0.15) is 199 Å². The fourth-order valence-electron chi connectivity index (χ4n) is 5.99. The molecule has 0 atom stereocenters. The first-order valence-corrected chi connectivity index (χ1v) is 21.0. The number of ether oxygens (including phenoxy) is 2. The second-order valence-electron chi connectivity index (χ2n) is 13.5. The molecule has 0 saturated heterocycles. The van der Waals surface area contributed by atoms with Crippen LogP contribution in [0, 0.1) is 0 Å². The van der Waals surface area contributed by atoms with Gasteiger partial charge in [-0.25, -0.2) is 0 Å². The Labute approximate surface area is 286 Å². The second kappa shape index (κ2) is 35.9. The summed E-state index contributed by atoms with van der Waals surface area (Å²) in [5.41, 5.74) is 1.36. The minimum atomic E-state index is 0.610. The average Bonchev–Trinajstić information content (AvgIpc) is 3.06. The van der Waals surface area contributed by atoms with Crippen LogP contribution >= 0.6 is 11.8 Å². The highest BCUT2D eigenvalue weighted by Crippen LogP contribution is 2.18.